The molecule has 0 aliphatic carbocycles. The molecule has 0 N–H and O–H groups in total. The molecule has 5 aromatic rings. The molecule has 1 heterocycles. The van der Waals surface area contributed by atoms with Crippen LogP contribution in [0.3, 0.4) is 0 Å². The summed E-state index contributed by atoms with van der Waals surface area (Å²) >= 11 is 0. The first kappa shape index (κ1) is 25.1. The number of nitriles is 1. The molecule has 0 fully saturated rings. The Morgan fingerprint density at radius 2 is 1.71 bits per heavy atom. The van der Waals surface area contributed by atoms with E-state index in [2.05, 4.69) is 15.8 Å². The number of benzene rings is 4. The number of alkyl halides is 3. The molecule has 5 nitrogen and oxygen atoms in total. The SMILES string of the molecule is Cn1cncc1C(OCc1ccc(OC(F)(F)F)cc1)c1ccc(C#N)c(-c2cccc3ccccc23)c1. The quantitative estimate of drug-likeness (QED) is 0.229. The number of nitrogens with zero attached hydrogens (tertiary/aromatic N) is 3. The second-order valence-electron chi connectivity index (χ2n) is 8.76. The third-order valence-electron chi connectivity index (χ3n) is 6.24. The van der Waals surface area contributed by atoms with Gasteiger partial charge >= 0.3 is 6.36 Å². The Kier molecular flexibility index (Phi) is 6.86. The number of hydrogen-bond acceptors (Lipinski definition) is 4. The van der Waals surface area contributed by atoms with Gasteiger partial charge in [-0.25, -0.2) is 4.98 Å². The number of aryl methyl sites for hydroxylation is 1. The lowest BCUT2D eigenvalue weighted by Gasteiger charge is -2.21. The molecule has 1 aromatic heterocycles. The maximum atomic E-state index is 12.5. The molecule has 0 amide bonds. The summed E-state index contributed by atoms with van der Waals surface area (Å²) in [6.07, 6.45) is -1.92. The topological polar surface area (TPSA) is 60.1 Å². The maximum Gasteiger partial charge on any atom is 0.573 e. The molecule has 0 saturated heterocycles. The summed E-state index contributed by atoms with van der Waals surface area (Å²) in [6.45, 7) is 0.131. The van der Waals surface area contributed by atoms with Crippen LogP contribution in [0, 0.1) is 11.3 Å². The van der Waals surface area contributed by atoms with E-state index in [-0.39, 0.29) is 12.4 Å². The minimum Gasteiger partial charge on any atom is -0.406 e. The van der Waals surface area contributed by atoms with Crippen molar-refractivity contribution in [2.24, 2.45) is 7.05 Å². The molecule has 0 radical (unpaired) electrons. The number of imidazole rings is 1. The molecule has 1 unspecified atom stereocenters. The Balaban J connectivity index is 1.51. The van der Waals surface area contributed by atoms with Crippen molar-refractivity contribution in [3.05, 3.63) is 120 Å². The van der Waals surface area contributed by atoms with Crippen molar-refractivity contribution in [2.45, 2.75) is 19.1 Å². The normalized spacial score (nSPS) is 12.3. The average Bonchev–Trinajstić information content (AvgIpc) is 3.34. The van der Waals surface area contributed by atoms with Gasteiger partial charge < -0.3 is 14.0 Å². The van der Waals surface area contributed by atoms with Gasteiger partial charge in [-0.3, -0.25) is 0 Å². The third-order valence-corrected chi connectivity index (χ3v) is 6.24. The van der Waals surface area contributed by atoms with E-state index in [1.165, 1.54) is 24.3 Å². The molecule has 8 heteroatoms. The van der Waals surface area contributed by atoms with Crippen LogP contribution in [-0.2, 0) is 18.4 Å². The Morgan fingerprint density at radius 3 is 2.42 bits per heavy atom. The van der Waals surface area contributed by atoms with E-state index >= 15 is 0 Å². The fraction of sp³-hybridized carbons (Fsp3) is 0.133. The first-order valence-electron chi connectivity index (χ1n) is 11.8. The fourth-order valence-corrected chi connectivity index (χ4v) is 4.44. The summed E-state index contributed by atoms with van der Waals surface area (Å²) in [5.41, 5.74) is 4.53. The zero-order valence-corrected chi connectivity index (χ0v) is 20.3. The zero-order chi connectivity index (χ0) is 26.7. The van der Waals surface area contributed by atoms with Crippen LogP contribution < -0.4 is 4.74 Å². The monoisotopic (exact) mass is 513 g/mol. The highest BCUT2D eigenvalue weighted by atomic mass is 19.4. The minimum atomic E-state index is -4.75. The van der Waals surface area contributed by atoms with Crippen molar-refractivity contribution in [1.29, 1.82) is 5.26 Å². The van der Waals surface area contributed by atoms with Gasteiger partial charge in [0, 0.05) is 12.6 Å². The van der Waals surface area contributed by atoms with E-state index in [1.54, 1.807) is 18.6 Å². The predicted molar refractivity (Wildman–Crippen MR) is 137 cm³/mol. The Labute approximate surface area is 217 Å². The largest absolute Gasteiger partial charge is 0.573 e. The van der Waals surface area contributed by atoms with Crippen molar-refractivity contribution >= 4 is 10.8 Å². The first-order chi connectivity index (χ1) is 18.3. The standard InChI is InChI=1S/C30H22F3N3O2/c1-36-19-35-17-28(36)29(37-18-20-9-13-24(14-10-20)38-30(31,32)33)22-11-12-23(16-34)27(15-22)26-8-4-6-21-5-2-3-7-25(21)26/h2-15,17,19,29H,18H2,1H3. The van der Waals surface area contributed by atoms with E-state index in [9.17, 15) is 18.4 Å². The summed E-state index contributed by atoms with van der Waals surface area (Å²) < 4.78 is 49.6. The molecule has 190 valence electrons. The Hall–Kier alpha value is -4.61. The summed E-state index contributed by atoms with van der Waals surface area (Å²) in [5.74, 6) is -0.295. The zero-order valence-electron chi connectivity index (χ0n) is 20.3. The van der Waals surface area contributed by atoms with Crippen LogP contribution in [0.1, 0.15) is 28.5 Å². The highest BCUT2D eigenvalue weighted by Gasteiger charge is 2.31. The Bertz CT molecular complexity index is 1610. The number of halogens is 3. The van der Waals surface area contributed by atoms with Gasteiger partial charge in [0.15, 0.2) is 0 Å². The Morgan fingerprint density at radius 1 is 0.947 bits per heavy atom. The summed E-state index contributed by atoms with van der Waals surface area (Å²) in [5, 5.41) is 12.0. The minimum absolute atomic E-state index is 0.131. The number of aromatic nitrogens is 2. The van der Waals surface area contributed by atoms with Crippen molar-refractivity contribution in [3.63, 3.8) is 0 Å². The van der Waals surface area contributed by atoms with Crippen LogP contribution in [0.15, 0.2) is 97.5 Å². The highest BCUT2D eigenvalue weighted by molar-refractivity contribution is 5.97. The van der Waals surface area contributed by atoms with Crippen LogP contribution in [0.4, 0.5) is 13.2 Å². The van der Waals surface area contributed by atoms with Crippen molar-refractivity contribution in [2.75, 3.05) is 0 Å². The molecule has 0 aliphatic rings. The lowest BCUT2D eigenvalue weighted by Crippen LogP contribution is -2.17. The van der Waals surface area contributed by atoms with E-state index in [1.807, 2.05) is 66.2 Å². The van der Waals surface area contributed by atoms with E-state index in [0.717, 1.165) is 33.2 Å². The third kappa shape index (κ3) is 5.38. The van der Waals surface area contributed by atoms with Crippen LogP contribution in [0.5, 0.6) is 5.75 Å². The van der Waals surface area contributed by atoms with E-state index in [0.29, 0.717) is 11.1 Å². The first-order valence-corrected chi connectivity index (χ1v) is 11.8. The smallest absolute Gasteiger partial charge is 0.406 e. The molecule has 0 saturated carbocycles. The van der Waals surface area contributed by atoms with Gasteiger partial charge in [0.2, 0.25) is 0 Å². The van der Waals surface area contributed by atoms with E-state index < -0.39 is 12.5 Å². The molecule has 0 aliphatic heterocycles. The van der Waals surface area contributed by atoms with Crippen LogP contribution in [-0.4, -0.2) is 15.9 Å². The van der Waals surface area contributed by atoms with Crippen LogP contribution in [0.25, 0.3) is 21.9 Å². The van der Waals surface area contributed by atoms with Crippen molar-refractivity contribution in [1.82, 2.24) is 9.55 Å². The number of rotatable bonds is 7. The summed E-state index contributed by atoms with van der Waals surface area (Å²) in [4.78, 5) is 4.23. The van der Waals surface area contributed by atoms with Gasteiger partial charge in [-0.1, -0.05) is 60.7 Å². The predicted octanol–water partition coefficient (Wildman–Crippen LogP) is 7.32. The number of hydrogen-bond donors (Lipinski definition) is 0. The lowest BCUT2D eigenvalue weighted by molar-refractivity contribution is -0.274. The summed E-state index contributed by atoms with van der Waals surface area (Å²) in [6, 6.07) is 27.4. The van der Waals surface area contributed by atoms with Gasteiger partial charge in [0.05, 0.1) is 36.5 Å². The van der Waals surface area contributed by atoms with Gasteiger partial charge in [-0.2, -0.15) is 5.26 Å². The molecule has 0 spiro atoms. The average molecular weight is 514 g/mol. The van der Waals surface area contributed by atoms with Crippen LogP contribution in [0.2, 0.25) is 0 Å². The molecule has 4 aromatic carbocycles. The van der Waals surface area contributed by atoms with Gasteiger partial charge in [0.25, 0.3) is 0 Å². The molecule has 38 heavy (non-hydrogen) atoms. The maximum absolute atomic E-state index is 12.5. The molecule has 5 rings (SSSR count). The molecule has 1 atom stereocenters. The van der Waals surface area contributed by atoms with Crippen molar-refractivity contribution in [3.8, 4) is 22.9 Å². The number of ether oxygens (including phenoxy) is 2. The van der Waals surface area contributed by atoms with Crippen LogP contribution >= 0.6 is 0 Å². The van der Waals surface area contributed by atoms with E-state index in [4.69, 9.17) is 4.74 Å². The molecule has 0 bridgehead atoms. The fourth-order valence-electron chi connectivity index (χ4n) is 4.44. The van der Waals surface area contributed by atoms with Gasteiger partial charge in [-0.15, -0.1) is 13.2 Å². The van der Waals surface area contributed by atoms with Gasteiger partial charge in [-0.05, 0) is 51.7 Å². The molecular formula is C30H22F3N3O2. The second kappa shape index (κ2) is 10.4. The second-order valence-corrected chi connectivity index (χ2v) is 8.76. The summed E-state index contributed by atoms with van der Waals surface area (Å²) in [7, 11) is 1.86. The highest BCUT2D eigenvalue weighted by Crippen LogP contribution is 2.35. The molecular weight excluding hydrogens is 491 g/mol. The lowest BCUT2D eigenvalue weighted by atomic mass is 9.92. The number of fused-ring (bicyclic) bond motifs is 1. The van der Waals surface area contributed by atoms with Crippen molar-refractivity contribution < 1.29 is 22.6 Å². The van der Waals surface area contributed by atoms with Gasteiger partial charge in [0.1, 0.15) is 11.9 Å².